The minimum atomic E-state index is -0.264. The smallest absolute Gasteiger partial charge is 0.338 e. The van der Waals surface area contributed by atoms with E-state index < -0.39 is 0 Å². The first-order valence-corrected chi connectivity index (χ1v) is 10.4. The van der Waals surface area contributed by atoms with Crippen molar-refractivity contribution in [2.75, 3.05) is 19.7 Å². The maximum atomic E-state index is 11.8. The first-order chi connectivity index (χ1) is 15.5. The highest BCUT2D eigenvalue weighted by Gasteiger charge is 2.29. The van der Waals surface area contributed by atoms with Crippen molar-refractivity contribution in [1.82, 2.24) is 20.1 Å². The number of nitriles is 1. The molecule has 0 unspecified atom stereocenters. The third kappa shape index (κ3) is 3.64. The number of carbonyl (C=O) groups is 1. The highest BCUT2D eigenvalue weighted by molar-refractivity contribution is 5.93. The van der Waals surface area contributed by atoms with Crippen molar-refractivity contribution in [3.63, 3.8) is 0 Å². The molecule has 162 valence electrons. The molecule has 1 saturated heterocycles. The standard InChI is InChI=1S/C23H21N5O4/c1-13-7-19(25-9-15(13)8-24)22-27-26-21(32-22)11-28-5-6-30-20(10-28)16-3-4-17-18(14(16)2)12-31-23(17)29/h3-4,7,9,20H,5-6,10-12H2,1-2H3/t20-/m0/s1. The number of fused-ring (bicyclic) bond motifs is 1. The summed E-state index contributed by atoms with van der Waals surface area (Å²) in [7, 11) is 0. The van der Waals surface area contributed by atoms with Crippen molar-refractivity contribution in [1.29, 1.82) is 5.26 Å². The summed E-state index contributed by atoms with van der Waals surface area (Å²) in [6.45, 7) is 6.65. The van der Waals surface area contributed by atoms with E-state index in [9.17, 15) is 4.79 Å². The maximum Gasteiger partial charge on any atom is 0.338 e. The molecule has 1 fully saturated rings. The topological polar surface area (TPSA) is 114 Å². The number of rotatable bonds is 4. The Morgan fingerprint density at radius 1 is 1.28 bits per heavy atom. The molecule has 5 rings (SSSR count). The number of aromatic nitrogens is 3. The van der Waals surface area contributed by atoms with Crippen molar-refractivity contribution in [3.05, 3.63) is 63.7 Å². The molecule has 0 bridgehead atoms. The van der Waals surface area contributed by atoms with Crippen LogP contribution in [0.1, 0.15) is 50.2 Å². The highest BCUT2D eigenvalue weighted by atomic mass is 16.5. The Morgan fingerprint density at radius 2 is 2.16 bits per heavy atom. The van der Waals surface area contributed by atoms with Crippen LogP contribution in [0.2, 0.25) is 0 Å². The Hall–Kier alpha value is -3.61. The molecule has 2 aromatic heterocycles. The van der Waals surface area contributed by atoms with Gasteiger partial charge in [0.2, 0.25) is 5.89 Å². The number of cyclic esters (lactones) is 1. The summed E-state index contributed by atoms with van der Waals surface area (Å²) in [5.74, 6) is 0.561. The monoisotopic (exact) mass is 431 g/mol. The molecule has 0 spiro atoms. The molecule has 0 radical (unpaired) electrons. The van der Waals surface area contributed by atoms with Gasteiger partial charge < -0.3 is 13.9 Å². The van der Waals surface area contributed by atoms with E-state index in [2.05, 4.69) is 26.2 Å². The number of esters is 1. The SMILES string of the molecule is Cc1cc(-c2nnc(CN3CCO[C@H](c4ccc5c(c4C)COC5=O)C3)o2)ncc1C#N. The fourth-order valence-corrected chi connectivity index (χ4v) is 4.15. The van der Waals surface area contributed by atoms with Crippen LogP contribution < -0.4 is 0 Å². The Morgan fingerprint density at radius 3 is 2.97 bits per heavy atom. The van der Waals surface area contributed by atoms with E-state index in [-0.39, 0.29) is 12.1 Å². The van der Waals surface area contributed by atoms with E-state index in [4.69, 9.17) is 19.2 Å². The Balaban J connectivity index is 1.30. The van der Waals surface area contributed by atoms with E-state index in [1.807, 2.05) is 26.0 Å². The van der Waals surface area contributed by atoms with Crippen LogP contribution in [-0.4, -0.2) is 45.7 Å². The Kier molecular flexibility index (Phi) is 5.17. The molecule has 3 aromatic rings. The number of aryl methyl sites for hydroxylation is 1. The molecule has 1 atom stereocenters. The lowest BCUT2D eigenvalue weighted by atomic mass is 9.94. The van der Waals surface area contributed by atoms with Gasteiger partial charge in [0, 0.05) is 24.8 Å². The lowest BCUT2D eigenvalue weighted by Crippen LogP contribution is -2.38. The second-order valence-electron chi connectivity index (χ2n) is 7.97. The van der Waals surface area contributed by atoms with Crippen LogP contribution in [-0.2, 0) is 22.6 Å². The first kappa shape index (κ1) is 20.3. The second-order valence-corrected chi connectivity index (χ2v) is 7.97. The number of pyridine rings is 1. The van der Waals surface area contributed by atoms with Crippen LogP contribution in [0.4, 0.5) is 0 Å². The van der Waals surface area contributed by atoms with E-state index in [0.29, 0.717) is 54.9 Å². The van der Waals surface area contributed by atoms with Crippen molar-refractivity contribution in [2.24, 2.45) is 0 Å². The predicted molar refractivity (Wildman–Crippen MR) is 111 cm³/mol. The molecule has 0 saturated carbocycles. The number of benzene rings is 1. The minimum absolute atomic E-state index is 0.116. The summed E-state index contributed by atoms with van der Waals surface area (Å²) >= 11 is 0. The molecule has 1 aromatic carbocycles. The van der Waals surface area contributed by atoms with Gasteiger partial charge in [0.25, 0.3) is 5.89 Å². The van der Waals surface area contributed by atoms with Crippen LogP contribution >= 0.6 is 0 Å². The molecule has 4 heterocycles. The van der Waals surface area contributed by atoms with Crippen LogP contribution in [0.25, 0.3) is 11.6 Å². The summed E-state index contributed by atoms with van der Waals surface area (Å²) in [6, 6.07) is 7.65. The van der Waals surface area contributed by atoms with E-state index in [1.54, 1.807) is 6.07 Å². The number of hydrogen-bond acceptors (Lipinski definition) is 9. The zero-order valence-electron chi connectivity index (χ0n) is 17.8. The Labute approximate surface area is 184 Å². The molecule has 32 heavy (non-hydrogen) atoms. The quantitative estimate of drug-likeness (QED) is 0.575. The average molecular weight is 431 g/mol. The Bertz CT molecular complexity index is 1250. The lowest BCUT2D eigenvalue weighted by Gasteiger charge is -2.33. The fraction of sp³-hybridized carbons (Fsp3) is 0.348. The molecular weight excluding hydrogens is 410 g/mol. The minimum Gasteiger partial charge on any atom is -0.457 e. The molecule has 2 aliphatic heterocycles. The fourth-order valence-electron chi connectivity index (χ4n) is 4.15. The molecule has 2 aliphatic rings. The van der Waals surface area contributed by atoms with Crippen molar-refractivity contribution < 1.29 is 18.7 Å². The van der Waals surface area contributed by atoms with E-state index in [1.165, 1.54) is 6.20 Å². The van der Waals surface area contributed by atoms with Gasteiger partial charge in [0.05, 0.1) is 30.4 Å². The number of ether oxygens (including phenoxy) is 2. The first-order valence-electron chi connectivity index (χ1n) is 10.4. The molecule has 9 nitrogen and oxygen atoms in total. The van der Waals surface area contributed by atoms with E-state index in [0.717, 1.165) is 28.8 Å². The molecule has 0 amide bonds. The second kappa shape index (κ2) is 8.15. The average Bonchev–Trinajstić information content (AvgIpc) is 3.41. The normalized spacial score (nSPS) is 18.3. The summed E-state index contributed by atoms with van der Waals surface area (Å²) in [5.41, 5.74) is 5.57. The third-order valence-corrected chi connectivity index (χ3v) is 5.98. The van der Waals surface area contributed by atoms with Crippen LogP contribution in [0.5, 0.6) is 0 Å². The van der Waals surface area contributed by atoms with Crippen molar-refractivity contribution in [3.8, 4) is 17.7 Å². The highest BCUT2D eigenvalue weighted by Crippen LogP contribution is 2.32. The molecule has 9 heteroatoms. The van der Waals surface area contributed by atoms with Gasteiger partial charge in [0.15, 0.2) is 0 Å². The number of hydrogen-bond donors (Lipinski definition) is 0. The van der Waals surface area contributed by atoms with E-state index >= 15 is 0 Å². The largest absolute Gasteiger partial charge is 0.457 e. The van der Waals surface area contributed by atoms with Gasteiger partial charge in [-0.3, -0.25) is 4.90 Å². The van der Waals surface area contributed by atoms with Gasteiger partial charge >= 0.3 is 5.97 Å². The zero-order valence-corrected chi connectivity index (χ0v) is 17.8. The van der Waals surface area contributed by atoms with Gasteiger partial charge in [-0.2, -0.15) is 5.26 Å². The summed E-state index contributed by atoms with van der Waals surface area (Å²) < 4.78 is 17.0. The molecule has 0 N–H and O–H groups in total. The lowest BCUT2D eigenvalue weighted by molar-refractivity contribution is -0.0354. The zero-order chi connectivity index (χ0) is 22.2. The van der Waals surface area contributed by atoms with Crippen LogP contribution in [0.3, 0.4) is 0 Å². The van der Waals surface area contributed by atoms with Gasteiger partial charge in [0.1, 0.15) is 18.4 Å². The van der Waals surface area contributed by atoms with Gasteiger partial charge in [-0.15, -0.1) is 10.2 Å². The van der Waals surface area contributed by atoms with Crippen molar-refractivity contribution in [2.45, 2.75) is 33.1 Å². The van der Waals surface area contributed by atoms with Gasteiger partial charge in [-0.25, -0.2) is 9.78 Å². The van der Waals surface area contributed by atoms with Crippen LogP contribution in [0, 0.1) is 25.2 Å². The van der Waals surface area contributed by atoms with Crippen LogP contribution in [0.15, 0.2) is 28.8 Å². The summed E-state index contributed by atoms with van der Waals surface area (Å²) in [6.07, 6.45) is 1.40. The third-order valence-electron chi connectivity index (χ3n) is 5.98. The van der Waals surface area contributed by atoms with Crippen molar-refractivity contribution >= 4 is 5.97 Å². The maximum absolute atomic E-state index is 11.8. The number of nitrogens with zero attached hydrogens (tertiary/aromatic N) is 5. The number of morpholine rings is 1. The summed E-state index contributed by atoms with van der Waals surface area (Å²) in [5, 5.41) is 17.4. The van der Waals surface area contributed by atoms with Gasteiger partial charge in [-0.1, -0.05) is 6.07 Å². The molecular formula is C23H21N5O4. The van der Waals surface area contributed by atoms with Gasteiger partial charge in [-0.05, 0) is 42.7 Å². The molecule has 0 aliphatic carbocycles. The number of carbonyl (C=O) groups excluding carboxylic acids is 1. The predicted octanol–water partition coefficient (Wildman–Crippen LogP) is 2.86. The summed E-state index contributed by atoms with van der Waals surface area (Å²) in [4.78, 5) is 18.3.